The smallest absolute Gasteiger partial charge is 0.0897 e. The van der Waals surface area contributed by atoms with E-state index in [1.54, 1.807) is 22.7 Å². The third-order valence-corrected chi connectivity index (χ3v) is 5.15. The van der Waals surface area contributed by atoms with Crippen LogP contribution in [-0.2, 0) is 0 Å². The molecule has 0 saturated carbocycles. The molecule has 0 aliphatic carbocycles. The Morgan fingerprint density at radius 3 is 2.88 bits per heavy atom. The molecule has 1 N–H and O–H groups in total. The fraction of sp³-hybridized carbons (Fsp3) is 0.364. The fourth-order valence-corrected chi connectivity index (χ4v) is 4.19. The molecule has 0 spiro atoms. The zero-order valence-corrected chi connectivity index (χ0v) is 12.4. The molecular weight excluding hydrogens is 304 g/mol. The fourth-order valence-electron chi connectivity index (χ4n) is 1.55. The van der Waals surface area contributed by atoms with E-state index < -0.39 is 0 Å². The summed E-state index contributed by atoms with van der Waals surface area (Å²) in [5, 5.41) is 6.73. The Morgan fingerprint density at radius 2 is 2.38 bits per heavy atom. The van der Waals surface area contributed by atoms with E-state index in [4.69, 9.17) is 0 Å². The SMILES string of the molecule is CCNC(c1cnc(C)s1)c1sccc1Br. The Morgan fingerprint density at radius 1 is 1.56 bits per heavy atom. The minimum atomic E-state index is 0.269. The van der Waals surface area contributed by atoms with Crippen LogP contribution in [0.2, 0.25) is 0 Å². The van der Waals surface area contributed by atoms with E-state index in [-0.39, 0.29) is 6.04 Å². The van der Waals surface area contributed by atoms with Crippen LogP contribution in [0.4, 0.5) is 0 Å². The Hall–Kier alpha value is -0.230. The van der Waals surface area contributed by atoms with E-state index in [1.165, 1.54) is 14.2 Å². The van der Waals surface area contributed by atoms with E-state index >= 15 is 0 Å². The van der Waals surface area contributed by atoms with Gasteiger partial charge in [0.15, 0.2) is 0 Å². The van der Waals surface area contributed by atoms with Gasteiger partial charge in [-0.3, -0.25) is 0 Å². The predicted octanol–water partition coefficient (Wildman–Crippen LogP) is 3.97. The van der Waals surface area contributed by atoms with Crippen LogP contribution >= 0.6 is 38.6 Å². The van der Waals surface area contributed by atoms with Crippen LogP contribution in [0.15, 0.2) is 22.1 Å². The summed E-state index contributed by atoms with van der Waals surface area (Å²) in [6.45, 7) is 5.12. The van der Waals surface area contributed by atoms with Crippen LogP contribution in [-0.4, -0.2) is 11.5 Å². The van der Waals surface area contributed by atoms with Crippen molar-refractivity contribution in [1.29, 1.82) is 0 Å². The Kier molecular flexibility index (Phi) is 4.13. The molecule has 0 amide bonds. The monoisotopic (exact) mass is 316 g/mol. The highest BCUT2D eigenvalue weighted by atomic mass is 79.9. The third kappa shape index (κ3) is 2.53. The molecule has 0 aliphatic heterocycles. The van der Waals surface area contributed by atoms with Crippen LogP contribution in [0.1, 0.15) is 27.7 Å². The maximum absolute atomic E-state index is 4.33. The summed E-state index contributed by atoms with van der Waals surface area (Å²) >= 11 is 7.12. The molecule has 0 radical (unpaired) electrons. The standard InChI is InChI=1S/C11H13BrN2S2/c1-3-13-10(9-6-14-7(2)16-9)11-8(12)4-5-15-11/h4-6,10,13H,3H2,1-2H3. The Balaban J connectivity index is 2.34. The number of nitrogens with one attached hydrogen (secondary N) is 1. The van der Waals surface area contributed by atoms with Gasteiger partial charge in [-0.15, -0.1) is 22.7 Å². The molecule has 16 heavy (non-hydrogen) atoms. The van der Waals surface area contributed by atoms with Gasteiger partial charge in [0.05, 0.1) is 11.0 Å². The van der Waals surface area contributed by atoms with Crippen molar-refractivity contribution in [3.8, 4) is 0 Å². The quantitative estimate of drug-likeness (QED) is 0.923. The van der Waals surface area contributed by atoms with Crippen LogP contribution in [0.5, 0.6) is 0 Å². The number of aromatic nitrogens is 1. The van der Waals surface area contributed by atoms with Crippen molar-refractivity contribution in [3.05, 3.63) is 36.9 Å². The zero-order chi connectivity index (χ0) is 11.5. The number of hydrogen-bond donors (Lipinski definition) is 1. The third-order valence-electron chi connectivity index (χ3n) is 2.24. The maximum atomic E-state index is 4.33. The van der Waals surface area contributed by atoms with Crippen molar-refractivity contribution in [2.75, 3.05) is 6.54 Å². The number of nitrogens with zero attached hydrogens (tertiary/aromatic N) is 1. The molecule has 0 fully saturated rings. The van der Waals surface area contributed by atoms with Gasteiger partial charge < -0.3 is 5.32 Å². The van der Waals surface area contributed by atoms with Gasteiger partial charge in [0.1, 0.15) is 0 Å². The number of thiazole rings is 1. The average Bonchev–Trinajstić information content (AvgIpc) is 2.84. The van der Waals surface area contributed by atoms with E-state index in [0.29, 0.717) is 0 Å². The summed E-state index contributed by atoms with van der Waals surface area (Å²) in [6, 6.07) is 2.36. The summed E-state index contributed by atoms with van der Waals surface area (Å²) in [7, 11) is 0. The molecule has 2 aromatic heterocycles. The molecule has 2 nitrogen and oxygen atoms in total. The average molecular weight is 317 g/mol. The number of rotatable bonds is 4. The Labute approximate surface area is 112 Å². The molecule has 1 unspecified atom stereocenters. The van der Waals surface area contributed by atoms with Crippen molar-refractivity contribution in [2.24, 2.45) is 0 Å². The van der Waals surface area contributed by atoms with Gasteiger partial charge in [0.2, 0.25) is 0 Å². The first kappa shape index (κ1) is 12.2. The lowest BCUT2D eigenvalue weighted by atomic mass is 10.2. The first-order valence-corrected chi connectivity index (χ1v) is 7.60. The molecule has 0 aliphatic rings. The minimum Gasteiger partial charge on any atom is -0.305 e. The molecule has 0 bridgehead atoms. The van der Waals surface area contributed by atoms with Gasteiger partial charge >= 0.3 is 0 Å². The summed E-state index contributed by atoms with van der Waals surface area (Å²) in [5.74, 6) is 0. The number of hydrogen-bond acceptors (Lipinski definition) is 4. The van der Waals surface area contributed by atoms with Crippen LogP contribution < -0.4 is 5.32 Å². The predicted molar refractivity (Wildman–Crippen MR) is 74.4 cm³/mol. The van der Waals surface area contributed by atoms with Gasteiger partial charge in [-0.1, -0.05) is 6.92 Å². The molecular formula is C11H13BrN2S2. The van der Waals surface area contributed by atoms with Crippen molar-refractivity contribution in [1.82, 2.24) is 10.3 Å². The molecule has 1 atom stereocenters. The molecule has 86 valence electrons. The van der Waals surface area contributed by atoms with E-state index in [9.17, 15) is 0 Å². The molecule has 0 aromatic carbocycles. The second-order valence-corrected chi connectivity index (χ2v) is 6.47. The van der Waals surface area contributed by atoms with Crippen molar-refractivity contribution in [2.45, 2.75) is 19.9 Å². The summed E-state index contributed by atoms with van der Waals surface area (Å²) in [4.78, 5) is 6.93. The first-order valence-electron chi connectivity index (χ1n) is 5.11. The summed E-state index contributed by atoms with van der Waals surface area (Å²) in [6.07, 6.45) is 1.97. The normalized spacial score (nSPS) is 12.9. The molecule has 2 heterocycles. The summed E-state index contributed by atoms with van der Waals surface area (Å²) < 4.78 is 1.18. The molecule has 5 heteroatoms. The lowest BCUT2D eigenvalue weighted by Gasteiger charge is -2.14. The summed E-state index contributed by atoms with van der Waals surface area (Å²) in [5.41, 5.74) is 0. The van der Waals surface area contributed by atoms with Crippen molar-refractivity contribution < 1.29 is 0 Å². The number of halogens is 1. The number of aryl methyl sites for hydroxylation is 1. The van der Waals surface area contributed by atoms with Gasteiger partial charge in [-0.05, 0) is 40.8 Å². The van der Waals surface area contributed by atoms with Gasteiger partial charge in [-0.2, -0.15) is 0 Å². The van der Waals surface area contributed by atoms with Crippen LogP contribution in [0.25, 0.3) is 0 Å². The molecule has 2 rings (SSSR count). The van der Waals surface area contributed by atoms with Crippen LogP contribution in [0, 0.1) is 6.92 Å². The topological polar surface area (TPSA) is 24.9 Å². The highest BCUT2D eigenvalue weighted by molar-refractivity contribution is 9.10. The van der Waals surface area contributed by atoms with Crippen LogP contribution in [0.3, 0.4) is 0 Å². The van der Waals surface area contributed by atoms with E-state index in [0.717, 1.165) is 11.6 Å². The largest absolute Gasteiger partial charge is 0.305 e. The first-order chi connectivity index (χ1) is 7.72. The van der Waals surface area contributed by atoms with E-state index in [2.05, 4.69) is 44.6 Å². The van der Waals surface area contributed by atoms with Gasteiger partial charge in [-0.25, -0.2) is 4.98 Å². The molecule has 0 saturated heterocycles. The maximum Gasteiger partial charge on any atom is 0.0897 e. The highest BCUT2D eigenvalue weighted by Crippen LogP contribution is 2.35. The van der Waals surface area contributed by atoms with Gasteiger partial charge in [0.25, 0.3) is 0 Å². The van der Waals surface area contributed by atoms with Crippen molar-refractivity contribution >= 4 is 38.6 Å². The van der Waals surface area contributed by atoms with E-state index in [1.807, 2.05) is 13.1 Å². The molecule has 2 aromatic rings. The van der Waals surface area contributed by atoms with Gasteiger partial charge in [0, 0.05) is 20.4 Å². The lowest BCUT2D eigenvalue weighted by Crippen LogP contribution is -2.20. The second kappa shape index (κ2) is 5.40. The highest BCUT2D eigenvalue weighted by Gasteiger charge is 2.19. The second-order valence-electron chi connectivity index (χ2n) is 3.41. The lowest BCUT2D eigenvalue weighted by molar-refractivity contribution is 0.646. The van der Waals surface area contributed by atoms with Crippen molar-refractivity contribution in [3.63, 3.8) is 0 Å². The minimum absolute atomic E-state index is 0.269. The Bertz CT molecular complexity index is 464. The zero-order valence-electron chi connectivity index (χ0n) is 9.16. The number of thiophene rings is 1.